The first-order chi connectivity index (χ1) is 6.46. The predicted molar refractivity (Wildman–Crippen MR) is 59.2 cm³/mol. The Hall–Kier alpha value is -0.900. The highest BCUT2D eigenvalue weighted by atomic mass is 79.9. The molecule has 0 N–H and O–H groups in total. The van der Waals surface area contributed by atoms with E-state index in [2.05, 4.69) is 15.9 Å². The topological polar surface area (TPSA) is 43.1 Å². The van der Waals surface area contributed by atoms with E-state index in [1.165, 1.54) is 0 Å². The van der Waals surface area contributed by atoms with Crippen LogP contribution in [0.3, 0.4) is 0 Å². The number of hydrogen-bond donors (Lipinski definition) is 0. The first-order valence-electron chi connectivity index (χ1n) is 4.30. The summed E-state index contributed by atoms with van der Waals surface area (Å²) in [5.41, 5.74) is -0.0735. The van der Waals surface area contributed by atoms with Gasteiger partial charge < -0.3 is 0 Å². The average Bonchev–Trinajstić information content (AvgIpc) is 2.17. The van der Waals surface area contributed by atoms with Crippen molar-refractivity contribution < 1.29 is 4.92 Å². The second-order valence-corrected chi connectivity index (χ2v) is 4.60. The van der Waals surface area contributed by atoms with Crippen LogP contribution in [0.4, 0.5) is 0 Å². The maximum atomic E-state index is 10.8. The lowest BCUT2D eigenvalue weighted by atomic mass is 9.96. The summed E-state index contributed by atoms with van der Waals surface area (Å²) in [5.74, 6) is 0. The third kappa shape index (κ3) is 2.12. The maximum Gasteiger partial charge on any atom is 0.233 e. The van der Waals surface area contributed by atoms with Crippen molar-refractivity contribution >= 4 is 15.9 Å². The highest BCUT2D eigenvalue weighted by Crippen LogP contribution is 2.35. The van der Waals surface area contributed by atoms with Gasteiger partial charge in [0.1, 0.15) is 4.83 Å². The third-order valence-electron chi connectivity index (χ3n) is 2.18. The third-order valence-corrected chi connectivity index (χ3v) is 3.83. The number of nitro groups is 1. The second-order valence-electron chi connectivity index (χ2n) is 3.68. The minimum Gasteiger partial charge on any atom is -0.264 e. The van der Waals surface area contributed by atoms with Gasteiger partial charge in [-0.2, -0.15) is 0 Å². The maximum absolute atomic E-state index is 10.8. The molecule has 0 aliphatic carbocycles. The van der Waals surface area contributed by atoms with Gasteiger partial charge in [0, 0.05) is 18.8 Å². The summed E-state index contributed by atoms with van der Waals surface area (Å²) in [7, 11) is 0. The Bertz CT molecular complexity index is 324. The van der Waals surface area contributed by atoms with Crippen LogP contribution in [0.2, 0.25) is 0 Å². The van der Waals surface area contributed by atoms with Crippen molar-refractivity contribution in [1.82, 2.24) is 0 Å². The monoisotopic (exact) mass is 257 g/mol. The van der Waals surface area contributed by atoms with E-state index in [0.29, 0.717) is 0 Å². The number of alkyl halides is 1. The minimum absolute atomic E-state index is 0.264. The van der Waals surface area contributed by atoms with E-state index >= 15 is 0 Å². The standard InChI is InChI=1S/C10H12BrNO2/c1-10(2,12(13)14)9(11)8-6-4-3-5-7-8/h3-7,9H,1-2H3/t9-/m0/s1. The van der Waals surface area contributed by atoms with E-state index in [9.17, 15) is 10.1 Å². The van der Waals surface area contributed by atoms with Gasteiger partial charge in [-0.15, -0.1) is 0 Å². The summed E-state index contributed by atoms with van der Waals surface area (Å²) in [5, 5.41) is 10.8. The van der Waals surface area contributed by atoms with Crippen LogP contribution in [0.5, 0.6) is 0 Å². The van der Waals surface area contributed by atoms with Gasteiger partial charge in [-0.1, -0.05) is 46.3 Å². The van der Waals surface area contributed by atoms with Gasteiger partial charge in [0.15, 0.2) is 0 Å². The first kappa shape index (κ1) is 11.2. The Balaban J connectivity index is 2.96. The molecule has 0 fully saturated rings. The van der Waals surface area contributed by atoms with Crippen LogP contribution in [-0.4, -0.2) is 10.5 Å². The van der Waals surface area contributed by atoms with Gasteiger partial charge in [-0.05, 0) is 5.56 Å². The molecular weight excluding hydrogens is 246 g/mol. The first-order valence-corrected chi connectivity index (χ1v) is 5.21. The lowest BCUT2D eigenvalue weighted by Gasteiger charge is -2.21. The van der Waals surface area contributed by atoms with Crippen LogP contribution in [0.15, 0.2) is 30.3 Å². The fourth-order valence-corrected chi connectivity index (χ4v) is 1.59. The molecule has 0 aliphatic rings. The van der Waals surface area contributed by atoms with E-state index in [0.717, 1.165) is 5.56 Å². The fraction of sp³-hybridized carbons (Fsp3) is 0.400. The molecule has 3 nitrogen and oxygen atoms in total. The summed E-state index contributed by atoms with van der Waals surface area (Å²) in [6.45, 7) is 3.22. The smallest absolute Gasteiger partial charge is 0.233 e. The predicted octanol–water partition coefficient (Wildman–Crippen LogP) is 3.18. The van der Waals surface area contributed by atoms with Crippen molar-refractivity contribution in [2.75, 3.05) is 0 Å². The molecule has 0 saturated carbocycles. The van der Waals surface area contributed by atoms with Crippen molar-refractivity contribution in [3.63, 3.8) is 0 Å². The Morgan fingerprint density at radius 3 is 2.29 bits per heavy atom. The lowest BCUT2D eigenvalue weighted by molar-refractivity contribution is -0.560. The number of rotatable bonds is 3. The molecule has 0 spiro atoms. The van der Waals surface area contributed by atoms with Crippen LogP contribution in [0.1, 0.15) is 24.2 Å². The van der Waals surface area contributed by atoms with Crippen LogP contribution in [0, 0.1) is 10.1 Å². The Morgan fingerprint density at radius 1 is 1.36 bits per heavy atom. The van der Waals surface area contributed by atoms with Crippen LogP contribution in [0.25, 0.3) is 0 Å². The van der Waals surface area contributed by atoms with Crippen molar-refractivity contribution in [3.8, 4) is 0 Å². The molecule has 0 aliphatic heterocycles. The Kier molecular flexibility index (Phi) is 3.26. The molecule has 1 aromatic rings. The molecular formula is C10H12BrNO2. The molecule has 0 heterocycles. The molecule has 0 radical (unpaired) electrons. The molecule has 0 amide bonds. The molecule has 14 heavy (non-hydrogen) atoms. The molecule has 0 saturated heterocycles. The van der Waals surface area contributed by atoms with E-state index in [-0.39, 0.29) is 9.75 Å². The second kappa shape index (κ2) is 4.09. The normalized spacial score (nSPS) is 13.6. The molecule has 1 atom stereocenters. The van der Waals surface area contributed by atoms with Crippen LogP contribution >= 0.6 is 15.9 Å². The number of benzene rings is 1. The largest absolute Gasteiger partial charge is 0.264 e. The summed E-state index contributed by atoms with van der Waals surface area (Å²) in [6.07, 6.45) is 0. The van der Waals surface area contributed by atoms with Gasteiger partial charge in [-0.3, -0.25) is 10.1 Å². The molecule has 76 valence electrons. The number of halogens is 1. The van der Waals surface area contributed by atoms with Crippen molar-refractivity contribution in [3.05, 3.63) is 46.0 Å². The highest BCUT2D eigenvalue weighted by Gasteiger charge is 2.39. The molecule has 0 unspecified atom stereocenters. The van der Waals surface area contributed by atoms with E-state index < -0.39 is 5.54 Å². The quantitative estimate of drug-likeness (QED) is 0.474. The molecule has 1 rings (SSSR count). The molecule has 0 bridgehead atoms. The summed E-state index contributed by atoms with van der Waals surface area (Å²) < 4.78 is 0. The highest BCUT2D eigenvalue weighted by molar-refractivity contribution is 9.09. The lowest BCUT2D eigenvalue weighted by Crippen LogP contribution is -2.35. The molecule has 1 aromatic carbocycles. The number of nitrogens with zero attached hydrogens (tertiary/aromatic N) is 1. The minimum atomic E-state index is -0.999. The van der Waals surface area contributed by atoms with E-state index in [1.54, 1.807) is 13.8 Å². The Morgan fingerprint density at radius 2 is 1.86 bits per heavy atom. The van der Waals surface area contributed by atoms with Gasteiger partial charge >= 0.3 is 0 Å². The van der Waals surface area contributed by atoms with Crippen molar-refractivity contribution in [2.24, 2.45) is 0 Å². The van der Waals surface area contributed by atoms with Crippen molar-refractivity contribution in [1.29, 1.82) is 0 Å². The zero-order chi connectivity index (χ0) is 10.8. The van der Waals surface area contributed by atoms with Crippen molar-refractivity contribution in [2.45, 2.75) is 24.2 Å². The average molecular weight is 258 g/mol. The Labute approximate surface area is 91.4 Å². The van der Waals surface area contributed by atoms with Gasteiger partial charge in [-0.25, -0.2) is 0 Å². The van der Waals surface area contributed by atoms with Gasteiger partial charge in [0.2, 0.25) is 5.54 Å². The zero-order valence-corrected chi connectivity index (χ0v) is 9.69. The van der Waals surface area contributed by atoms with Crippen LogP contribution < -0.4 is 0 Å². The van der Waals surface area contributed by atoms with Crippen LogP contribution in [-0.2, 0) is 0 Å². The number of hydrogen-bond acceptors (Lipinski definition) is 2. The molecule has 0 aromatic heterocycles. The SMILES string of the molecule is CC(C)([C@@H](Br)c1ccccc1)[N+](=O)[O-]. The van der Waals surface area contributed by atoms with Gasteiger partial charge in [0.25, 0.3) is 0 Å². The molecule has 4 heteroatoms. The summed E-state index contributed by atoms with van der Waals surface area (Å²) >= 11 is 3.37. The van der Waals surface area contributed by atoms with Gasteiger partial charge in [0.05, 0.1) is 0 Å². The summed E-state index contributed by atoms with van der Waals surface area (Å²) in [4.78, 5) is 10.3. The van der Waals surface area contributed by atoms with E-state index in [1.807, 2.05) is 30.3 Å². The fourth-order valence-electron chi connectivity index (χ4n) is 1.12. The van der Waals surface area contributed by atoms with E-state index in [4.69, 9.17) is 0 Å². The summed E-state index contributed by atoms with van der Waals surface area (Å²) in [6, 6.07) is 9.40. The zero-order valence-electron chi connectivity index (χ0n) is 8.11.